The number of carboxylic acid groups (broad SMARTS) is 1. The van der Waals surface area contributed by atoms with Gasteiger partial charge in [0.2, 0.25) is 0 Å². The fourth-order valence-corrected chi connectivity index (χ4v) is 2.72. The molecule has 0 bridgehead atoms. The maximum Gasteiger partial charge on any atom is 0.326 e. The lowest BCUT2D eigenvalue weighted by Gasteiger charge is -2.29. The van der Waals surface area contributed by atoms with Gasteiger partial charge in [0.1, 0.15) is 5.54 Å². The van der Waals surface area contributed by atoms with Crippen molar-refractivity contribution in [2.45, 2.75) is 56.5 Å². The van der Waals surface area contributed by atoms with Gasteiger partial charge in [-0.15, -0.1) is 0 Å². The molecule has 1 saturated heterocycles. The summed E-state index contributed by atoms with van der Waals surface area (Å²) in [7, 11) is 0. The zero-order valence-electron chi connectivity index (χ0n) is 9.71. The summed E-state index contributed by atoms with van der Waals surface area (Å²) in [6, 6.07) is 0.361. The lowest BCUT2D eigenvalue weighted by atomic mass is 9.95. The number of carboxylic acids is 1. The minimum Gasteiger partial charge on any atom is -0.480 e. The second-order valence-corrected chi connectivity index (χ2v) is 5.02. The van der Waals surface area contributed by atoms with E-state index in [0.717, 1.165) is 12.8 Å². The molecule has 4 nitrogen and oxygen atoms in total. The molecule has 1 atom stereocenters. The molecule has 0 amide bonds. The first kappa shape index (κ1) is 11.9. The van der Waals surface area contributed by atoms with Crippen LogP contribution in [0.1, 0.15) is 44.9 Å². The van der Waals surface area contributed by atoms with Gasteiger partial charge >= 0.3 is 5.97 Å². The Balaban J connectivity index is 1.96. The van der Waals surface area contributed by atoms with Crippen molar-refractivity contribution in [1.29, 1.82) is 0 Å². The molecule has 1 unspecified atom stereocenters. The lowest BCUT2D eigenvalue weighted by molar-refractivity contribution is -0.145. The van der Waals surface area contributed by atoms with Gasteiger partial charge in [-0.05, 0) is 12.8 Å². The SMILES string of the molecule is O=C(O)C1(NC2CCCCCC2)CCOC1. The van der Waals surface area contributed by atoms with E-state index in [1.165, 1.54) is 25.7 Å². The first-order chi connectivity index (χ1) is 7.73. The molecule has 1 heterocycles. The molecule has 0 aromatic carbocycles. The summed E-state index contributed by atoms with van der Waals surface area (Å²) < 4.78 is 5.25. The van der Waals surface area contributed by atoms with Gasteiger partial charge in [0, 0.05) is 19.1 Å². The quantitative estimate of drug-likeness (QED) is 0.718. The smallest absolute Gasteiger partial charge is 0.326 e. The number of rotatable bonds is 3. The van der Waals surface area contributed by atoms with E-state index in [-0.39, 0.29) is 0 Å². The van der Waals surface area contributed by atoms with Crippen LogP contribution in [0.15, 0.2) is 0 Å². The number of aliphatic carboxylic acids is 1. The summed E-state index contributed by atoms with van der Waals surface area (Å²) in [4.78, 5) is 11.3. The van der Waals surface area contributed by atoms with Crippen LogP contribution in [0.5, 0.6) is 0 Å². The van der Waals surface area contributed by atoms with Crippen LogP contribution in [-0.2, 0) is 9.53 Å². The van der Waals surface area contributed by atoms with Crippen LogP contribution in [0.25, 0.3) is 0 Å². The average Bonchev–Trinajstić information content (AvgIpc) is 2.58. The number of carbonyl (C=O) groups is 1. The van der Waals surface area contributed by atoms with Gasteiger partial charge in [0.15, 0.2) is 0 Å². The Bertz CT molecular complexity index is 241. The molecule has 1 aliphatic carbocycles. The van der Waals surface area contributed by atoms with Crippen molar-refractivity contribution in [3.63, 3.8) is 0 Å². The van der Waals surface area contributed by atoms with Gasteiger partial charge in [-0.2, -0.15) is 0 Å². The Morgan fingerprint density at radius 3 is 2.44 bits per heavy atom. The van der Waals surface area contributed by atoms with Crippen LogP contribution in [-0.4, -0.2) is 35.9 Å². The van der Waals surface area contributed by atoms with Gasteiger partial charge in [0.05, 0.1) is 6.61 Å². The lowest BCUT2D eigenvalue weighted by Crippen LogP contribution is -2.56. The van der Waals surface area contributed by atoms with E-state index in [1.54, 1.807) is 0 Å². The maximum absolute atomic E-state index is 11.3. The Hall–Kier alpha value is -0.610. The van der Waals surface area contributed by atoms with Crippen molar-refractivity contribution in [1.82, 2.24) is 5.32 Å². The van der Waals surface area contributed by atoms with Crippen molar-refractivity contribution in [2.24, 2.45) is 0 Å². The summed E-state index contributed by atoms with van der Waals surface area (Å²) in [6.07, 6.45) is 7.81. The molecule has 0 aromatic heterocycles. The molecule has 2 rings (SSSR count). The van der Waals surface area contributed by atoms with Gasteiger partial charge in [-0.25, -0.2) is 0 Å². The summed E-state index contributed by atoms with van der Waals surface area (Å²) in [5.41, 5.74) is -0.811. The van der Waals surface area contributed by atoms with Crippen LogP contribution >= 0.6 is 0 Å². The highest BCUT2D eigenvalue weighted by atomic mass is 16.5. The Kier molecular flexibility index (Phi) is 3.82. The van der Waals surface area contributed by atoms with E-state index < -0.39 is 11.5 Å². The van der Waals surface area contributed by atoms with Crippen LogP contribution in [0.4, 0.5) is 0 Å². The van der Waals surface area contributed by atoms with Gasteiger partial charge in [-0.1, -0.05) is 25.7 Å². The topological polar surface area (TPSA) is 58.6 Å². The van der Waals surface area contributed by atoms with Crippen molar-refractivity contribution in [2.75, 3.05) is 13.2 Å². The molecule has 16 heavy (non-hydrogen) atoms. The summed E-state index contributed by atoms with van der Waals surface area (Å²) in [5, 5.41) is 12.7. The molecule has 92 valence electrons. The van der Waals surface area contributed by atoms with Crippen LogP contribution < -0.4 is 5.32 Å². The predicted molar refractivity (Wildman–Crippen MR) is 60.4 cm³/mol. The summed E-state index contributed by atoms with van der Waals surface area (Å²) in [6.45, 7) is 0.880. The molecule has 0 radical (unpaired) electrons. The van der Waals surface area contributed by atoms with Crippen LogP contribution in [0.3, 0.4) is 0 Å². The summed E-state index contributed by atoms with van der Waals surface area (Å²) in [5.74, 6) is -0.755. The highest BCUT2D eigenvalue weighted by Crippen LogP contribution is 2.24. The number of ether oxygens (including phenoxy) is 1. The highest BCUT2D eigenvalue weighted by molar-refractivity contribution is 5.79. The van der Waals surface area contributed by atoms with E-state index in [4.69, 9.17) is 4.74 Å². The largest absolute Gasteiger partial charge is 0.480 e. The normalized spacial score (nSPS) is 32.5. The molecular weight excluding hydrogens is 206 g/mol. The standard InChI is InChI=1S/C12H21NO3/c14-11(15)12(7-8-16-9-12)13-10-5-3-1-2-4-6-10/h10,13H,1-9H2,(H,14,15). The number of hydrogen-bond donors (Lipinski definition) is 2. The Morgan fingerprint density at radius 2 is 1.94 bits per heavy atom. The maximum atomic E-state index is 11.3. The first-order valence-electron chi connectivity index (χ1n) is 6.32. The zero-order valence-corrected chi connectivity index (χ0v) is 9.71. The fraction of sp³-hybridized carbons (Fsp3) is 0.917. The third-order valence-electron chi connectivity index (χ3n) is 3.77. The second kappa shape index (κ2) is 5.15. The van der Waals surface area contributed by atoms with E-state index in [0.29, 0.717) is 25.7 Å². The second-order valence-electron chi connectivity index (χ2n) is 5.02. The van der Waals surface area contributed by atoms with Crippen molar-refractivity contribution < 1.29 is 14.6 Å². The third-order valence-corrected chi connectivity index (χ3v) is 3.77. The van der Waals surface area contributed by atoms with Gasteiger partial charge in [0.25, 0.3) is 0 Å². The molecule has 4 heteroatoms. The van der Waals surface area contributed by atoms with Crippen molar-refractivity contribution in [3.05, 3.63) is 0 Å². The predicted octanol–water partition coefficient (Wildman–Crippen LogP) is 1.54. The molecule has 2 N–H and O–H groups in total. The first-order valence-corrected chi connectivity index (χ1v) is 6.32. The molecule has 2 aliphatic rings. The van der Waals surface area contributed by atoms with Crippen LogP contribution in [0, 0.1) is 0 Å². The molecular formula is C12H21NO3. The third kappa shape index (κ3) is 2.55. The molecule has 0 aromatic rings. The molecule has 2 fully saturated rings. The molecule has 1 aliphatic heterocycles. The minimum atomic E-state index is -0.811. The molecule has 1 saturated carbocycles. The van der Waals surface area contributed by atoms with E-state index in [9.17, 15) is 9.90 Å². The monoisotopic (exact) mass is 227 g/mol. The van der Waals surface area contributed by atoms with Crippen molar-refractivity contribution >= 4 is 5.97 Å². The fourth-order valence-electron chi connectivity index (χ4n) is 2.72. The molecule has 0 spiro atoms. The van der Waals surface area contributed by atoms with E-state index in [1.807, 2.05) is 0 Å². The number of hydrogen-bond acceptors (Lipinski definition) is 3. The summed E-state index contributed by atoms with van der Waals surface area (Å²) >= 11 is 0. The van der Waals surface area contributed by atoms with Gasteiger partial charge in [-0.3, -0.25) is 10.1 Å². The Labute approximate surface area is 96.4 Å². The minimum absolute atomic E-state index is 0.318. The van der Waals surface area contributed by atoms with Crippen molar-refractivity contribution in [3.8, 4) is 0 Å². The highest BCUT2D eigenvalue weighted by Gasteiger charge is 2.43. The Morgan fingerprint density at radius 1 is 1.25 bits per heavy atom. The van der Waals surface area contributed by atoms with E-state index in [2.05, 4.69) is 5.32 Å². The van der Waals surface area contributed by atoms with Crippen LogP contribution in [0.2, 0.25) is 0 Å². The van der Waals surface area contributed by atoms with Gasteiger partial charge < -0.3 is 9.84 Å². The number of nitrogens with one attached hydrogen (secondary N) is 1. The van der Waals surface area contributed by atoms with E-state index >= 15 is 0 Å². The average molecular weight is 227 g/mol. The zero-order chi connectivity index (χ0) is 11.4.